The summed E-state index contributed by atoms with van der Waals surface area (Å²) in [6.45, 7) is 4.93. The van der Waals surface area contributed by atoms with E-state index in [0.717, 1.165) is 43.1 Å². The number of nitrogens with zero attached hydrogens (tertiary/aromatic N) is 2. The van der Waals surface area contributed by atoms with Gasteiger partial charge < -0.3 is 19.4 Å². The Morgan fingerprint density at radius 1 is 1.42 bits per heavy atom. The van der Waals surface area contributed by atoms with E-state index in [9.17, 15) is 0 Å². The second-order valence-electron chi connectivity index (χ2n) is 6.85. The average molecular weight is 327 g/mol. The van der Waals surface area contributed by atoms with Gasteiger partial charge in [-0.3, -0.25) is 0 Å². The van der Waals surface area contributed by atoms with Crippen molar-refractivity contribution in [3.8, 4) is 11.5 Å². The van der Waals surface area contributed by atoms with Crippen LogP contribution in [0.1, 0.15) is 42.6 Å². The van der Waals surface area contributed by atoms with E-state index in [1.54, 1.807) is 7.11 Å². The van der Waals surface area contributed by atoms with E-state index in [2.05, 4.69) is 40.1 Å². The number of methoxy groups -OCH3 is 1. The fraction of sp³-hybridized carbons (Fsp3) is 0.526. The summed E-state index contributed by atoms with van der Waals surface area (Å²) >= 11 is 0. The van der Waals surface area contributed by atoms with Gasteiger partial charge in [0.2, 0.25) is 0 Å². The number of aromatic nitrogens is 2. The van der Waals surface area contributed by atoms with Crippen LogP contribution in [0.2, 0.25) is 0 Å². The SMILES string of the molecule is COc1cc2c(cc1CNC[C@@H]1CCCn3ccnc31)O[C@H](C)C2. The van der Waals surface area contributed by atoms with E-state index in [0.29, 0.717) is 5.92 Å². The first-order chi connectivity index (χ1) is 11.7. The van der Waals surface area contributed by atoms with Crippen LogP contribution >= 0.6 is 0 Å². The van der Waals surface area contributed by atoms with Gasteiger partial charge in [-0.2, -0.15) is 0 Å². The first kappa shape index (κ1) is 15.5. The molecule has 0 aliphatic carbocycles. The monoisotopic (exact) mass is 327 g/mol. The number of nitrogens with one attached hydrogen (secondary N) is 1. The third kappa shape index (κ3) is 2.88. The number of ether oxygens (including phenoxy) is 2. The van der Waals surface area contributed by atoms with E-state index >= 15 is 0 Å². The number of benzene rings is 1. The zero-order valence-electron chi connectivity index (χ0n) is 14.4. The average Bonchev–Trinajstić information content (AvgIpc) is 3.19. The van der Waals surface area contributed by atoms with Crippen LogP contribution in [0.15, 0.2) is 24.5 Å². The van der Waals surface area contributed by atoms with Gasteiger partial charge in [-0.1, -0.05) is 0 Å². The molecule has 128 valence electrons. The summed E-state index contributed by atoms with van der Waals surface area (Å²) in [4.78, 5) is 4.53. The van der Waals surface area contributed by atoms with Crippen LogP contribution in [0.25, 0.3) is 0 Å². The van der Waals surface area contributed by atoms with Gasteiger partial charge in [-0.25, -0.2) is 4.98 Å². The summed E-state index contributed by atoms with van der Waals surface area (Å²) in [6, 6.07) is 4.26. The highest BCUT2D eigenvalue weighted by molar-refractivity contribution is 5.48. The van der Waals surface area contributed by atoms with E-state index < -0.39 is 0 Å². The second-order valence-corrected chi connectivity index (χ2v) is 6.85. The standard InChI is InChI=1S/C19H25N3O2/c1-13-8-15-9-17(23-2)16(10-18(15)24-13)12-20-11-14-4-3-6-22-7-5-21-19(14)22/h5,7,9-10,13-14,20H,3-4,6,8,11-12H2,1-2H3/t13-,14+/m1/s1. The Bertz CT molecular complexity index is 725. The zero-order chi connectivity index (χ0) is 16.5. The topological polar surface area (TPSA) is 48.3 Å². The Kier molecular flexibility index (Phi) is 4.19. The lowest BCUT2D eigenvalue weighted by molar-refractivity contribution is 0.254. The van der Waals surface area contributed by atoms with Crippen LogP contribution in [0.3, 0.4) is 0 Å². The van der Waals surface area contributed by atoms with Crippen LogP contribution in [0, 0.1) is 0 Å². The molecule has 2 atom stereocenters. The molecule has 1 N–H and O–H groups in total. The van der Waals surface area contributed by atoms with Crippen molar-refractivity contribution in [3.05, 3.63) is 41.5 Å². The van der Waals surface area contributed by atoms with Crippen molar-refractivity contribution in [2.24, 2.45) is 0 Å². The van der Waals surface area contributed by atoms with Crippen LogP contribution in [0.5, 0.6) is 11.5 Å². The van der Waals surface area contributed by atoms with E-state index in [1.807, 2.05) is 6.20 Å². The maximum absolute atomic E-state index is 5.88. The van der Waals surface area contributed by atoms with Gasteiger partial charge in [0, 0.05) is 55.5 Å². The van der Waals surface area contributed by atoms with Crippen molar-refractivity contribution in [1.29, 1.82) is 0 Å². The minimum Gasteiger partial charge on any atom is -0.496 e. The van der Waals surface area contributed by atoms with Crippen LogP contribution in [0.4, 0.5) is 0 Å². The van der Waals surface area contributed by atoms with Crippen molar-refractivity contribution in [2.45, 2.75) is 51.3 Å². The largest absolute Gasteiger partial charge is 0.496 e. The van der Waals surface area contributed by atoms with Gasteiger partial charge >= 0.3 is 0 Å². The lowest BCUT2D eigenvalue weighted by atomic mass is 9.98. The summed E-state index contributed by atoms with van der Waals surface area (Å²) < 4.78 is 13.7. The summed E-state index contributed by atoms with van der Waals surface area (Å²) in [5, 5.41) is 3.59. The molecule has 0 unspecified atom stereocenters. The fourth-order valence-corrected chi connectivity index (χ4v) is 3.89. The highest BCUT2D eigenvalue weighted by atomic mass is 16.5. The molecule has 24 heavy (non-hydrogen) atoms. The molecule has 0 spiro atoms. The molecule has 2 aliphatic rings. The molecule has 2 aliphatic heterocycles. The number of fused-ring (bicyclic) bond motifs is 2. The minimum absolute atomic E-state index is 0.258. The van der Waals surface area contributed by atoms with E-state index in [4.69, 9.17) is 9.47 Å². The van der Waals surface area contributed by atoms with E-state index in [-0.39, 0.29) is 6.10 Å². The third-order valence-electron chi connectivity index (χ3n) is 5.07. The molecular weight excluding hydrogens is 302 g/mol. The van der Waals surface area contributed by atoms with Gasteiger partial charge in [0.15, 0.2) is 0 Å². The molecular formula is C19H25N3O2. The van der Waals surface area contributed by atoms with Crippen LogP contribution in [-0.4, -0.2) is 29.3 Å². The third-order valence-corrected chi connectivity index (χ3v) is 5.07. The molecule has 2 aromatic rings. The van der Waals surface area contributed by atoms with Crippen molar-refractivity contribution in [2.75, 3.05) is 13.7 Å². The van der Waals surface area contributed by atoms with Crippen LogP contribution in [-0.2, 0) is 19.5 Å². The Labute approximate surface area is 143 Å². The number of aryl methyl sites for hydroxylation is 1. The lowest BCUT2D eigenvalue weighted by Gasteiger charge is -2.24. The minimum atomic E-state index is 0.258. The molecule has 0 radical (unpaired) electrons. The smallest absolute Gasteiger partial charge is 0.123 e. The number of imidazole rings is 1. The first-order valence-corrected chi connectivity index (χ1v) is 8.83. The van der Waals surface area contributed by atoms with Crippen molar-refractivity contribution in [1.82, 2.24) is 14.9 Å². The Hall–Kier alpha value is -2.01. The molecule has 0 saturated carbocycles. The van der Waals surface area contributed by atoms with Gasteiger partial charge in [-0.05, 0) is 31.9 Å². The molecule has 5 nitrogen and oxygen atoms in total. The molecule has 0 bridgehead atoms. The maximum atomic E-state index is 5.88. The van der Waals surface area contributed by atoms with Crippen molar-refractivity contribution in [3.63, 3.8) is 0 Å². The molecule has 1 aromatic carbocycles. The maximum Gasteiger partial charge on any atom is 0.123 e. The van der Waals surface area contributed by atoms with Gasteiger partial charge in [0.25, 0.3) is 0 Å². The highest BCUT2D eigenvalue weighted by Gasteiger charge is 2.23. The molecule has 4 rings (SSSR count). The van der Waals surface area contributed by atoms with Crippen molar-refractivity contribution < 1.29 is 9.47 Å². The van der Waals surface area contributed by atoms with Crippen LogP contribution < -0.4 is 14.8 Å². The fourth-order valence-electron chi connectivity index (χ4n) is 3.89. The Balaban J connectivity index is 1.43. The summed E-state index contributed by atoms with van der Waals surface area (Å²) in [5.74, 6) is 3.66. The van der Waals surface area contributed by atoms with E-state index in [1.165, 1.54) is 24.2 Å². The first-order valence-electron chi connectivity index (χ1n) is 8.83. The summed E-state index contributed by atoms with van der Waals surface area (Å²) in [5.41, 5.74) is 2.40. The number of hydrogen-bond acceptors (Lipinski definition) is 4. The Morgan fingerprint density at radius 3 is 3.21 bits per heavy atom. The molecule has 0 fully saturated rings. The normalized spacial score (nSPS) is 21.9. The summed E-state index contributed by atoms with van der Waals surface area (Å²) in [6.07, 6.45) is 7.65. The van der Waals surface area contributed by atoms with Gasteiger partial charge in [-0.15, -0.1) is 0 Å². The molecule has 3 heterocycles. The molecule has 0 amide bonds. The molecule has 1 aromatic heterocycles. The number of rotatable bonds is 5. The molecule has 5 heteroatoms. The lowest BCUT2D eigenvalue weighted by Crippen LogP contribution is -2.26. The van der Waals surface area contributed by atoms with Gasteiger partial charge in [0.1, 0.15) is 23.4 Å². The predicted molar refractivity (Wildman–Crippen MR) is 92.7 cm³/mol. The second kappa shape index (κ2) is 6.48. The predicted octanol–water partition coefficient (Wildman–Crippen LogP) is 2.88. The Morgan fingerprint density at radius 2 is 2.33 bits per heavy atom. The highest BCUT2D eigenvalue weighted by Crippen LogP contribution is 2.35. The van der Waals surface area contributed by atoms with Crippen molar-refractivity contribution >= 4 is 0 Å². The molecule has 0 saturated heterocycles. The quantitative estimate of drug-likeness (QED) is 0.917. The van der Waals surface area contributed by atoms with Gasteiger partial charge in [0.05, 0.1) is 7.11 Å². The summed E-state index contributed by atoms with van der Waals surface area (Å²) in [7, 11) is 1.74. The zero-order valence-corrected chi connectivity index (χ0v) is 14.4. The number of hydrogen-bond donors (Lipinski definition) is 1.